The molecule has 8 heteroatoms. The van der Waals surface area contributed by atoms with E-state index in [1.165, 1.54) is 13.1 Å². The summed E-state index contributed by atoms with van der Waals surface area (Å²) in [4.78, 5) is 25.5. The number of carbonyl (C=O) groups is 1. The zero-order chi connectivity index (χ0) is 22.4. The summed E-state index contributed by atoms with van der Waals surface area (Å²) in [5.74, 6) is -0.00221. The van der Waals surface area contributed by atoms with E-state index in [0.717, 1.165) is 10.2 Å². The zero-order valence-electron chi connectivity index (χ0n) is 17.4. The second-order valence-corrected chi connectivity index (χ2v) is 6.69. The lowest BCUT2D eigenvalue weighted by Gasteiger charge is -2.11. The first-order chi connectivity index (χ1) is 15.0. The number of aromatic nitrogens is 2. The third kappa shape index (κ3) is 4.67. The van der Waals surface area contributed by atoms with Crippen LogP contribution in [-0.4, -0.2) is 28.5 Å². The molecule has 0 aliphatic heterocycles. The normalized spacial score (nSPS) is 10.6. The summed E-state index contributed by atoms with van der Waals surface area (Å²) in [6.07, 6.45) is 1.46. The molecule has 0 fully saturated rings. The Kier molecular flexibility index (Phi) is 6.58. The average Bonchev–Trinajstić information content (AvgIpc) is 2.75. The number of rotatable bonds is 6. The van der Waals surface area contributed by atoms with Crippen molar-refractivity contribution in [3.8, 4) is 17.5 Å². The SMILES string of the molecule is CCOc1ccccc1/C=N/NC(=O)c1nn(-c2cccc(C)c2)c(=O)c(C#N)c1C. The van der Waals surface area contributed by atoms with E-state index in [1.54, 1.807) is 30.3 Å². The van der Waals surface area contributed by atoms with E-state index >= 15 is 0 Å². The lowest BCUT2D eigenvalue weighted by atomic mass is 10.1. The second-order valence-electron chi connectivity index (χ2n) is 6.69. The van der Waals surface area contributed by atoms with Crippen LogP contribution in [0.15, 0.2) is 58.4 Å². The summed E-state index contributed by atoms with van der Waals surface area (Å²) in [5, 5.41) is 17.7. The van der Waals surface area contributed by atoms with Crippen LogP contribution in [-0.2, 0) is 0 Å². The Labute approximate surface area is 179 Å². The molecule has 1 aromatic heterocycles. The van der Waals surface area contributed by atoms with Crippen molar-refractivity contribution >= 4 is 12.1 Å². The average molecular weight is 415 g/mol. The number of para-hydroxylation sites is 1. The minimum absolute atomic E-state index is 0.0621. The smallest absolute Gasteiger partial charge is 0.292 e. The molecule has 2 aromatic carbocycles. The van der Waals surface area contributed by atoms with Crippen LogP contribution in [0.3, 0.4) is 0 Å². The van der Waals surface area contributed by atoms with E-state index < -0.39 is 11.5 Å². The van der Waals surface area contributed by atoms with Crippen LogP contribution in [0, 0.1) is 25.2 Å². The summed E-state index contributed by atoms with van der Waals surface area (Å²) >= 11 is 0. The van der Waals surface area contributed by atoms with Gasteiger partial charge in [0.1, 0.15) is 17.4 Å². The van der Waals surface area contributed by atoms with Crippen molar-refractivity contribution in [3.63, 3.8) is 0 Å². The van der Waals surface area contributed by atoms with E-state index in [1.807, 2.05) is 38.1 Å². The van der Waals surface area contributed by atoms with E-state index in [-0.39, 0.29) is 16.8 Å². The number of nitrogens with zero attached hydrogens (tertiary/aromatic N) is 4. The molecule has 1 N–H and O–H groups in total. The highest BCUT2D eigenvalue weighted by atomic mass is 16.5. The molecule has 0 atom stereocenters. The van der Waals surface area contributed by atoms with Gasteiger partial charge < -0.3 is 4.74 Å². The van der Waals surface area contributed by atoms with Crippen molar-refractivity contribution in [2.75, 3.05) is 6.61 Å². The van der Waals surface area contributed by atoms with E-state index in [4.69, 9.17) is 4.74 Å². The predicted molar refractivity (Wildman–Crippen MR) is 117 cm³/mol. The summed E-state index contributed by atoms with van der Waals surface area (Å²) in [6.45, 7) is 5.75. The first-order valence-corrected chi connectivity index (χ1v) is 9.62. The van der Waals surface area contributed by atoms with Crippen molar-refractivity contribution in [2.45, 2.75) is 20.8 Å². The standard InChI is InChI=1S/C23H21N5O3/c1-4-31-20-11-6-5-9-17(20)14-25-26-22(29)21-16(3)19(13-24)23(30)28(27-21)18-10-7-8-15(2)12-18/h5-12,14H,4H2,1-3H3,(H,26,29)/b25-14+. The van der Waals surface area contributed by atoms with Gasteiger partial charge in [0.2, 0.25) is 0 Å². The third-order valence-corrected chi connectivity index (χ3v) is 4.50. The second kappa shape index (κ2) is 9.50. The number of carbonyl (C=O) groups excluding carboxylic acids is 1. The first-order valence-electron chi connectivity index (χ1n) is 9.62. The maximum Gasteiger partial charge on any atom is 0.292 e. The van der Waals surface area contributed by atoms with Crippen LogP contribution < -0.4 is 15.7 Å². The predicted octanol–water partition coefficient (Wildman–Crippen LogP) is 2.88. The Balaban J connectivity index is 1.95. The topological polar surface area (TPSA) is 109 Å². The van der Waals surface area contributed by atoms with Crippen molar-refractivity contribution < 1.29 is 9.53 Å². The highest BCUT2D eigenvalue weighted by Gasteiger charge is 2.20. The highest BCUT2D eigenvalue weighted by Crippen LogP contribution is 2.16. The Morgan fingerprint density at radius 2 is 2.03 bits per heavy atom. The van der Waals surface area contributed by atoms with Crippen molar-refractivity contribution in [1.82, 2.24) is 15.2 Å². The highest BCUT2D eigenvalue weighted by molar-refractivity contribution is 5.95. The summed E-state index contributed by atoms with van der Waals surface area (Å²) in [7, 11) is 0. The molecule has 3 aromatic rings. The van der Waals surface area contributed by atoms with Crippen LogP contribution in [0.25, 0.3) is 5.69 Å². The lowest BCUT2D eigenvalue weighted by molar-refractivity contribution is 0.0947. The number of hydrogen-bond donors (Lipinski definition) is 1. The Morgan fingerprint density at radius 3 is 2.74 bits per heavy atom. The molecule has 8 nitrogen and oxygen atoms in total. The number of nitriles is 1. The van der Waals surface area contributed by atoms with Crippen LogP contribution >= 0.6 is 0 Å². The number of hydrazone groups is 1. The number of hydrogen-bond acceptors (Lipinski definition) is 6. The minimum atomic E-state index is -0.638. The summed E-state index contributed by atoms with van der Waals surface area (Å²) < 4.78 is 6.58. The molecule has 0 spiro atoms. The van der Waals surface area contributed by atoms with Gasteiger partial charge in [0.25, 0.3) is 11.5 Å². The maximum absolute atomic E-state index is 12.8. The maximum atomic E-state index is 12.8. The summed E-state index contributed by atoms with van der Waals surface area (Å²) in [6, 6.07) is 16.2. The molecule has 31 heavy (non-hydrogen) atoms. The Bertz CT molecular complexity index is 1250. The van der Waals surface area contributed by atoms with Crippen molar-refractivity contribution in [1.29, 1.82) is 5.26 Å². The fourth-order valence-corrected chi connectivity index (χ4v) is 2.97. The molecule has 0 aliphatic rings. The molecular formula is C23H21N5O3. The fraction of sp³-hybridized carbons (Fsp3) is 0.174. The van der Waals surface area contributed by atoms with Crippen LogP contribution in [0.1, 0.15) is 39.7 Å². The van der Waals surface area contributed by atoms with Gasteiger partial charge in [-0.05, 0) is 50.6 Å². The fourth-order valence-electron chi connectivity index (χ4n) is 2.97. The van der Waals surface area contributed by atoms with Gasteiger partial charge in [0.15, 0.2) is 5.69 Å². The lowest BCUT2D eigenvalue weighted by Crippen LogP contribution is -2.31. The Hall–Kier alpha value is -4.25. The van der Waals surface area contributed by atoms with Gasteiger partial charge in [-0.3, -0.25) is 9.59 Å². The van der Waals surface area contributed by atoms with Gasteiger partial charge in [0.05, 0.1) is 18.5 Å². The van der Waals surface area contributed by atoms with Crippen LogP contribution in [0.4, 0.5) is 0 Å². The molecule has 0 saturated carbocycles. The summed E-state index contributed by atoms with van der Waals surface area (Å²) in [5.41, 5.74) is 3.87. The monoisotopic (exact) mass is 415 g/mol. The molecular weight excluding hydrogens is 394 g/mol. The molecule has 1 amide bonds. The zero-order valence-corrected chi connectivity index (χ0v) is 17.4. The molecule has 156 valence electrons. The minimum Gasteiger partial charge on any atom is -0.493 e. The van der Waals surface area contributed by atoms with E-state index in [2.05, 4.69) is 15.6 Å². The largest absolute Gasteiger partial charge is 0.493 e. The van der Waals surface area contributed by atoms with Crippen molar-refractivity contribution in [2.24, 2.45) is 5.10 Å². The first kappa shape index (κ1) is 21.5. The van der Waals surface area contributed by atoms with Crippen molar-refractivity contribution in [3.05, 3.63) is 86.8 Å². The van der Waals surface area contributed by atoms with Gasteiger partial charge in [-0.25, -0.2) is 5.43 Å². The molecule has 1 heterocycles. The number of benzene rings is 2. The van der Waals surface area contributed by atoms with Gasteiger partial charge in [-0.1, -0.05) is 24.3 Å². The number of amides is 1. The molecule has 0 radical (unpaired) electrons. The Morgan fingerprint density at radius 1 is 1.26 bits per heavy atom. The number of nitrogens with one attached hydrogen (secondary N) is 1. The molecule has 3 rings (SSSR count). The van der Waals surface area contributed by atoms with E-state index in [9.17, 15) is 14.9 Å². The van der Waals surface area contributed by atoms with Gasteiger partial charge >= 0.3 is 0 Å². The van der Waals surface area contributed by atoms with Gasteiger partial charge in [-0.2, -0.15) is 20.1 Å². The third-order valence-electron chi connectivity index (χ3n) is 4.50. The number of ether oxygens (including phenoxy) is 1. The molecule has 0 bridgehead atoms. The van der Waals surface area contributed by atoms with Crippen LogP contribution in [0.5, 0.6) is 5.75 Å². The molecule has 0 unspecified atom stereocenters. The molecule has 0 aliphatic carbocycles. The van der Waals surface area contributed by atoms with Gasteiger partial charge in [-0.15, -0.1) is 0 Å². The van der Waals surface area contributed by atoms with E-state index in [0.29, 0.717) is 23.6 Å². The van der Waals surface area contributed by atoms with Crippen LogP contribution in [0.2, 0.25) is 0 Å². The molecule has 0 saturated heterocycles. The number of aryl methyl sites for hydroxylation is 1. The quantitative estimate of drug-likeness (QED) is 0.492. The van der Waals surface area contributed by atoms with Gasteiger partial charge in [0, 0.05) is 11.1 Å².